The number of ketones is 1. The normalized spacial score (nSPS) is 17.9. The molecule has 164 valence electrons. The van der Waals surface area contributed by atoms with Crippen molar-refractivity contribution in [2.45, 2.75) is 32.5 Å². The summed E-state index contributed by atoms with van der Waals surface area (Å²) in [5.74, 6) is -1.54. The van der Waals surface area contributed by atoms with Crippen molar-refractivity contribution >= 4 is 28.8 Å². The standard InChI is InChI=1S/C25H22FNO4S/c1-15(2)31-19-11-7-17(8-12-19)23(28)21-22(16-5-9-18(26)10-6-16)27(25(30)24(21)29)14-20-4-3-13-32-20/h3-13,15,22,28H,14H2,1-2H3/b23-21-. The maximum atomic E-state index is 13.6. The summed E-state index contributed by atoms with van der Waals surface area (Å²) in [6.45, 7) is 4.03. The molecule has 0 bridgehead atoms. The quantitative estimate of drug-likeness (QED) is 0.314. The highest BCUT2D eigenvalue weighted by molar-refractivity contribution is 7.09. The Bertz CT molecular complexity index is 1150. The number of thiophene rings is 1. The number of amides is 1. The van der Waals surface area contributed by atoms with Gasteiger partial charge >= 0.3 is 0 Å². The zero-order valence-corrected chi connectivity index (χ0v) is 18.4. The molecule has 1 saturated heterocycles. The topological polar surface area (TPSA) is 66.8 Å². The summed E-state index contributed by atoms with van der Waals surface area (Å²) >= 11 is 1.47. The van der Waals surface area contributed by atoms with Crippen molar-refractivity contribution in [1.29, 1.82) is 0 Å². The van der Waals surface area contributed by atoms with Gasteiger partial charge in [0.15, 0.2) is 0 Å². The Balaban J connectivity index is 1.79. The third-order valence-electron chi connectivity index (χ3n) is 5.13. The van der Waals surface area contributed by atoms with Gasteiger partial charge in [0.25, 0.3) is 11.7 Å². The van der Waals surface area contributed by atoms with Gasteiger partial charge in [-0.1, -0.05) is 18.2 Å². The Labute approximate surface area is 189 Å². The number of aliphatic hydroxyl groups is 1. The molecule has 5 nitrogen and oxygen atoms in total. The van der Waals surface area contributed by atoms with Gasteiger partial charge in [0.2, 0.25) is 0 Å². The number of Topliss-reactive ketones (excluding diaryl/α,β-unsaturated/α-hetero) is 1. The van der Waals surface area contributed by atoms with Crippen LogP contribution in [0.3, 0.4) is 0 Å². The number of hydrogen-bond acceptors (Lipinski definition) is 5. The summed E-state index contributed by atoms with van der Waals surface area (Å²) in [6.07, 6.45) is -0.00417. The lowest BCUT2D eigenvalue weighted by Crippen LogP contribution is -2.28. The fourth-order valence-electron chi connectivity index (χ4n) is 3.72. The first-order valence-electron chi connectivity index (χ1n) is 10.2. The van der Waals surface area contributed by atoms with Gasteiger partial charge in [0, 0.05) is 10.4 Å². The van der Waals surface area contributed by atoms with Crippen LogP contribution in [0, 0.1) is 5.82 Å². The molecule has 0 saturated carbocycles. The number of halogens is 1. The molecule has 7 heteroatoms. The molecule has 32 heavy (non-hydrogen) atoms. The van der Waals surface area contributed by atoms with Crippen molar-refractivity contribution in [3.63, 3.8) is 0 Å². The van der Waals surface area contributed by atoms with E-state index in [-0.39, 0.29) is 24.0 Å². The van der Waals surface area contributed by atoms with Crippen LogP contribution in [0.2, 0.25) is 0 Å². The molecule has 1 aliphatic rings. The van der Waals surface area contributed by atoms with Crippen molar-refractivity contribution in [2.24, 2.45) is 0 Å². The van der Waals surface area contributed by atoms with E-state index in [0.717, 1.165) is 4.88 Å². The summed E-state index contributed by atoms with van der Waals surface area (Å²) in [7, 11) is 0. The second-order valence-electron chi connectivity index (χ2n) is 7.75. The lowest BCUT2D eigenvalue weighted by atomic mass is 9.95. The molecular formula is C25H22FNO4S. The van der Waals surface area contributed by atoms with Crippen LogP contribution in [0.15, 0.2) is 71.6 Å². The first-order chi connectivity index (χ1) is 15.3. The molecule has 1 N–H and O–H groups in total. The molecule has 1 unspecified atom stereocenters. The molecule has 0 aliphatic carbocycles. The number of ether oxygens (including phenoxy) is 1. The zero-order valence-electron chi connectivity index (χ0n) is 17.6. The second kappa shape index (κ2) is 8.96. The van der Waals surface area contributed by atoms with Crippen molar-refractivity contribution in [3.8, 4) is 5.75 Å². The summed E-state index contributed by atoms with van der Waals surface area (Å²) in [6, 6.07) is 15.2. The van der Waals surface area contributed by atoms with Gasteiger partial charge in [-0.25, -0.2) is 4.39 Å². The van der Waals surface area contributed by atoms with Crippen molar-refractivity contribution < 1.29 is 23.8 Å². The van der Waals surface area contributed by atoms with E-state index < -0.39 is 23.5 Å². The molecule has 3 aromatic rings. The van der Waals surface area contributed by atoms with Gasteiger partial charge in [-0.3, -0.25) is 9.59 Å². The lowest BCUT2D eigenvalue weighted by molar-refractivity contribution is -0.140. The van der Waals surface area contributed by atoms with Crippen LogP contribution in [0.5, 0.6) is 5.75 Å². The minimum atomic E-state index is -0.829. The van der Waals surface area contributed by atoms with E-state index >= 15 is 0 Å². The maximum absolute atomic E-state index is 13.6. The Kier molecular flexibility index (Phi) is 6.10. The summed E-state index contributed by atoms with van der Waals surface area (Å²) in [4.78, 5) is 28.3. The van der Waals surface area contributed by atoms with Gasteiger partial charge in [-0.15, -0.1) is 11.3 Å². The number of carbonyl (C=O) groups excluding carboxylic acids is 2. The van der Waals surface area contributed by atoms with Gasteiger partial charge in [0.05, 0.1) is 24.3 Å². The lowest BCUT2D eigenvalue weighted by Gasteiger charge is -2.25. The van der Waals surface area contributed by atoms with Gasteiger partial charge < -0.3 is 14.7 Å². The molecule has 0 radical (unpaired) electrons. The first-order valence-corrected chi connectivity index (χ1v) is 11.1. The highest BCUT2D eigenvalue weighted by Crippen LogP contribution is 2.40. The molecule has 1 amide bonds. The van der Waals surface area contributed by atoms with Crippen LogP contribution < -0.4 is 4.74 Å². The Hall–Kier alpha value is -3.45. The highest BCUT2D eigenvalue weighted by atomic mass is 32.1. The van der Waals surface area contributed by atoms with Gasteiger partial charge in [0.1, 0.15) is 17.3 Å². The van der Waals surface area contributed by atoms with E-state index in [4.69, 9.17) is 4.74 Å². The van der Waals surface area contributed by atoms with Crippen LogP contribution in [0.25, 0.3) is 5.76 Å². The van der Waals surface area contributed by atoms with Gasteiger partial charge in [-0.2, -0.15) is 0 Å². The largest absolute Gasteiger partial charge is 0.507 e. The predicted molar refractivity (Wildman–Crippen MR) is 121 cm³/mol. The minimum Gasteiger partial charge on any atom is -0.507 e. The van der Waals surface area contributed by atoms with Crippen LogP contribution in [-0.4, -0.2) is 27.8 Å². The molecule has 4 rings (SSSR count). The summed E-state index contributed by atoms with van der Waals surface area (Å²) in [5, 5.41) is 13.0. The number of aliphatic hydroxyl groups excluding tert-OH is 1. The molecule has 1 aromatic heterocycles. The van der Waals surface area contributed by atoms with E-state index in [1.54, 1.807) is 24.3 Å². The fraction of sp³-hybridized carbons (Fsp3) is 0.200. The van der Waals surface area contributed by atoms with E-state index in [1.165, 1.54) is 40.5 Å². The van der Waals surface area contributed by atoms with E-state index in [9.17, 15) is 19.1 Å². The monoisotopic (exact) mass is 451 g/mol. The van der Waals surface area contributed by atoms with Gasteiger partial charge in [-0.05, 0) is 67.3 Å². The molecule has 1 atom stereocenters. The average molecular weight is 452 g/mol. The molecule has 2 heterocycles. The van der Waals surface area contributed by atoms with Crippen molar-refractivity contribution in [2.75, 3.05) is 0 Å². The van der Waals surface area contributed by atoms with E-state index in [0.29, 0.717) is 16.9 Å². The summed E-state index contributed by atoms with van der Waals surface area (Å²) < 4.78 is 19.2. The minimum absolute atomic E-state index is 0.00417. The predicted octanol–water partition coefficient (Wildman–Crippen LogP) is 5.30. The van der Waals surface area contributed by atoms with E-state index in [2.05, 4.69) is 0 Å². The maximum Gasteiger partial charge on any atom is 0.295 e. The Morgan fingerprint density at radius 2 is 1.78 bits per heavy atom. The zero-order chi connectivity index (χ0) is 22.8. The van der Waals surface area contributed by atoms with Crippen LogP contribution in [0.1, 0.15) is 35.9 Å². The average Bonchev–Trinajstić information content (AvgIpc) is 3.36. The van der Waals surface area contributed by atoms with Crippen LogP contribution in [-0.2, 0) is 16.1 Å². The highest BCUT2D eigenvalue weighted by Gasteiger charge is 2.46. The third kappa shape index (κ3) is 4.29. The van der Waals surface area contributed by atoms with E-state index in [1.807, 2.05) is 31.4 Å². The van der Waals surface area contributed by atoms with Crippen molar-refractivity contribution in [1.82, 2.24) is 4.90 Å². The fourth-order valence-corrected chi connectivity index (χ4v) is 4.43. The number of rotatable bonds is 6. The molecule has 1 fully saturated rings. The third-order valence-corrected chi connectivity index (χ3v) is 5.99. The molecule has 1 aliphatic heterocycles. The number of likely N-dealkylation sites (tertiary alicyclic amines) is 1. The molecule has 2 aromatic carbocycles. The number of benzene rings is 2. The Morgan fingerprint density at radius 3 is 2.38 bits per heavy atom. The first kappa shape index (κ1) is 21.8. The van der Waals surface area contributed by atoms with Crippen LogP contribution >= 0.6 is 11.3 Å². The van der Waals surface area contributed by atoms with Crippen LogP contribution in [0.4, 0.5) is 4.39 Å². The Morgan fingerprint density at radius 1 is 1.09 bits per heavy atom. The smallest absolute Gasteiger partial charge is 0.295 e. The molecular weight excluding hydrogens is 429 g/mol. The molecule has 0 spiro atoms. The second-order valence-corrected chi connectivity index (χ2v) is 8.78. The number of carbonyl (C=O) groups is 2. The SMILES string of the molecule is CC(C)Oc1ccc(/C(O)=C2/C(=O)C(=O)N(Cc3cccs3)C2c2ccc(F)cc2)cc1. The number of hydrogen-bond donors (Lipinski definition) is 1. The summed E-state index contributed by atoms with van der Waals surface area (Å²) in [5.41, 5.74) is 0.918. The van der Waals surface area contributed by atoms with Crippen molar-refractivity contribution in [3.05, 3.63) is 93.4 Å². The number of nitrogens with zero attached hydrogens (tertiary/aromatic N) is 1.